The van der Waals surface area contributed by atoms with Gasteiger partial charge in [0.25, 0.3) is 0 Å². The Morgan fingerprint density at radius 2 is 0.839 bits per heavy atom. The normalized spacial score (nSPS) is 12.8. The van der Waals surface area contributed by atoms with Gasteiger partial charge in [-0.1, -0.05) is 182 Å². The molecule has 0 saturated heterocycles. The highest BCUT2D eigenvalue weighted by molar-refractivity contribution is 7.26. The summed E-state index contributed by atoms with van der Waals surface area (Å²) in [6, 6.07) is 71.7. The number of benzene rings is 8. The molecule has 262 valence electrons. The van der Waals surface area contributed by atoms with Gasteiger partial charge in [0.05, 0.1) is 5.41 Å². The van der Waals surface area contributed by atoms with Gasteiger partial charge in [-0.2, -0.15) is 0 Å². The second-order valence-electron chi connectivity index (χ2n) is 14.3. The van der Waals surface area contributed by atoms with E-state index in [-0.39, 0.29) is 0 Å². The first-order valence-corrected chi connectivity index (χ1v) is 19.8. The molecule has 8 aromatic carbocycles. The van der Waals surface area contributed by atoms with Crippen LogP contribution in [0.3, 0.4) is 0 Å². The average Bonchev–Trinajstić information content (AvgIpc) is 3.81. The molecule has 1 aliphatic rings. The molecule has 3 nitrogen and oxygen atoms in total. The van der Waals surface area contributed by atoms with E-state index in [1.165, 1.54) is 64.7 Å². The molecule has 0 atom stereocenters. The fourth-order valence-electron chi connectivity index (χ4n) is 8.71. The highest BCUT2D eigenvalue weighted by Crippen LogP contribution is 2.56. The lowest BCUT2D eigenvalue weighted by atomic mass is 9.67. The summed E-state index contributed by atoms with van der Waals surface area (Å²) >= 11 is 1.79. The van der Waals surface area contributed by atoms with Gasteiger partial charge < -0.3 is 0 Å². The fourth-order valence-corrected chi connectivity index (χ4v) is 9.90. The molecule has 0 bridgehead atoms. The van der Waals surface area contributed by atoms with Gasteiger partial charge >= 0.3 is 0 Å². The number of hydrogen-bond donors (Lipinski definition) is 0. The summed E-state index contributed by atoms with van der Waals surface area (Å²) in [6.45, 7) is 0. The molecule has 2 heterocycles. The third-order valence-electron chi connectivity index (χ3n) is 11.2. The minimum Gasteiger partial charge on any atom is -0.208 e. The van der Waals surface area contributed by atoms with E-state index in [2.05, 4.69) is 164 Å². The minimum atomic E-state index is -0.410. The smallest absolute Gasteiger partial charge is 0.165 e. The number of thiophene rings is 1. The van der Waals surface area contributed by atoms with Crippen LogP contribution in [-0.2, 0) is 5.41 Å². The Labute approximate surface area is 329 Å². The Balaban J connectivity index is 1.03. The summed E-state index contributed by atoms with van der Waals surface area (Å²) in [6.07, 6.45) is 0. The molecule has 11 rings (SSSR count). The highest BCUT2D eigenvalue weighted by atomic mass is 32.1. The lowest BCUT2D eigenvalue weighted by Gasteiger charge is -2.34. The summed E-state index contributed by atoms with van der Waals surface area (Å²) in [4.78, 5) is 15.1. The van der Waals surface area contributed by atoms with Gasteiger partial charge in [-0.15, -0.1) is 11.3 Å². The maximum atomic E-state index is 5.07. The van der Waals surface area contributed by atoms with E-state index in [0.29, 0.717) is 17.5 Å². The molecule has 2 aromatic heterocycles. The van der Waals surface area contributed by atoms with Crippen LogP contribution in [0.5, 0.6) is 0 Å². The van der Waals surface area contributed by atoms with E-state index in [9.17, 15) is 0 Å². The number of hydrogen-bond acceptors (Lipinski definition) is 4. The van der Waals surface area contributed by atoms with Crippen molar-refractivity contribution in [2.24, 2.45) is 0 Å². The van der Waals surface area contributed by atoms with E-state index < -0.39 is 5.41 Å². The zero-order valence-corrected chi connectivity index (χ0v) is 31.1. The Bertz CT molecular complexity index is 2960. The van der Waals surface area contributed by atoms with Crippen LogP contribution in [0, 0.1) is 0 Å². The summed E-state index contributed by atoms with van der Waals surface area (Å²) in [7, 11) is 0. The van der Waals surface area contributed by atoms with Gasteiger partial charge in [0, 0.05) is 36.9 Å². The zero-order valence-electron chi connectivity index (χ0n) is 30.3. The molecule has 56 heavy (non-hydrogen) atoms. The van der Waals surface area contributed by atoms with Crippen molar-refractivity contribution in [1.82, 2.24) is 15.0 Å². The predicted octanol–water partition coefficient (Wildman–Crippen LogP) is 13.3. The third-order valence-corrected chi connectivity index (χ3v) is 12.5. The lowest BCUT2D eigenvalue weighted by Crippen LogP contribution is -2.28. The van der Waals surface area contributed by atoms with Crippen LogP contribution < -0.4 is 0 Å². The summed E-state index contributed by atoms with van der Waals surface area (Å²) in [5.41, 5.74) is 12.7. The van der Waals surface area contributed by atoms with Crippen molar-refractivity contribution in [2.45, 2.75) is 5.41 Å². The van der Waals surface area contributed by atoms with Crippen molar-refractivity contribution in [3.63, 3.8) is 0 Å². The molecule has 0 unspecified atom stereocenters. The number of aromatic nitrogens is 3. The Morgan fingerprint density at radius 3 is 1.46 bits per heavy atom. The lowest BCUT2D eigenvalue weighted by molar-refractivity contribution is 0.768. The molecule has 0 N–H and O–H groups in total. The monoisotopic (exact) mass is 731 g/mol. The topological polar surface area (TPSA) is 38.7 Å². The molecule has 1 aliphatic carbocycles. The fraction of sp³-hybridized carbons (Fsp3) is 0.0192. The van der Waals surface area contributed by atoms with Crippen molar-refractivity contribution in [2.75, 3.05) is 0 Å². The van der Waals surface area contributed by atoms with E-state index in [1.807, 2.05) is 36.4 Å². The van der Waals surface area contributed by atoms with Crippen LogP contribution in [0.4, 0.5) is 0 Å². The van der Waals surface area contributed by atoms with Gasteiger partial charge in [-0.05, 0) is 62.7 Å². The maximum absolute atomic E-state index is 5.07. The molecule has 0 fully saturated rings. The molecule has 0 spiro atoms. The van der Waals surface area contributed by atoms with Crippen molar-refractivity contribution in [3.05, 3.63) is 222 Å². The number of nitrogens with zero attached hydrogens (tertiary/aromatic N) is 3. The first-order valence-electron chi connectivity index (χ1n) is 18.9. The van der Waals surface area contributed by atoms with Gasteiger partial charge in [0.1, 0.15) is 0 Å². The van der Waals surface area contributed by atoms with Gasteiger partial charge in [0.15, 0.2) is 17.5 Å². The van der Waals surface area contributed by atoms with Gasteiger partial charge in [-0.25, -0.2) is 15.0 Å². The first kappa shape index (κ1) is 32.4. The highest BCUT2D eigenvalue weighted by Gasteiger charge is 2.45. The molecule has 4 heteroatoms. The van der Waals surface area contributed by atoms with E-state index in [0.717, 1.165) is 16.7 Å². The van der Waals surface area contributed by atoms with Crippen LogP contribution in [0.15, 0.2) is 200 Å². The summed E-state index contributed by atoms with van der Waals surface area (Å²) in [5.74, 6) is 2.00. The zero-order chi connectivity index (χ0) is 37.1. The summed E-state index contributed by atoms with van der Waals surface area (Å²) in [5, 5.41) is 2.43. The van der Waals surface area contributed by atoms with Crippen LogP contribution in [-0.4, -0.2) is 15.0 Å². The number of fused-ring (bicyclic) bond motifs is 6. The largest absolute Gasteiger partial charge is 0.208 e. The molecule has 0 saturated carbocycles. The van der Waals surface area contributed by atoms with Crippen molar-refractivity contribution in [3.8, 4) is 56.4 Å². The van der Waals surface area contributed by atoms with Crippen molar-refractivity contribution in [1.29, 1.82) is 0 Å². The second kappa shape index (κ2) is 13.1. The molecule has 0 amide bonds. The van der Waals surface area contributed by atoms with Crippen molar-refractivity contribution < 1.29 is 0 Å². The maximum Gasteiger partial charge on any atom is 0.165 e. The van der Waals surface area contributed by atoms with Crippen LogP contribution in [0.25, 0.3) is 76.6 Å². The van der Waals surface area contributed by atoms with E-state index in [1.54, 1.807) is 11.3 Å². The standard InChI is InChI=1S/C52H33N3S/c1-4-15-35(16-5-1)49-53-50(36-17-6-2-7-18-36)55-51(54-49)43-24-14-23-42-44-33-37(29-32-47(44)56-48(42)43)34-27-30-39(31-28-34)52(38-19-8-3-9-20-38)45-25-12-10-21-40(45)41-22-11-13-26-46(41)52/h1-33H. The Kier molecular flexibility index (Phi) is 7.58. The Morgan fingerprint density at radius 1 is 0.339 bits per heavy atom. The van der Waals surface area contributed by atoms with Crippen molar-refractivity contribution >= 4 is 31.5 Å². The average molecular weight is 732 g/mol. The quantitative estimate of drug-likeness (QED) is 0.171. The Hall–Kier alpha value is -7.01. The predicted molar refractivity (Wildman–Crippen MR) is 232 cm³/mol. The third kappa shape index (κ3) is 5.07. The van der Waals surface area contributed by atoms with Gasteiger partial charge in [0.2, 0.25) is 0 Å². The van der Waals surface area contributed by atoms with E-state index >= 15 is 0 Å². The molecule has 0 radical (unpaired) electrons. The van der Waals surface area contributed by atoms with Crippen LogP contribution in [0.1, 0.15) is 22.3 Å². The second-order valence-corrected chi connectivity index (χ2v) is 15.4. The molecular formula is C52H33N3S. The van der Waals surface area contributed by atoms with Crippen LogP contribution >= 0.6 is 11.3 Å². The summed E-state index contributed by atoms with van der Waals surface area (Å²) < 4.78 is 2.40. The molecular weight excluding hydrogens is 699 g/mol. The molecule has 0 aliphatic heterocycles. The first-order chi connectivity index (χ1) is 27.8. The van der Waals surface area contributed by atoms with Crippen LogP contribution in [0.2, 0.25) is 0 Å². The van der Waals surface area contributed by atoms with Gasteiger partial charge in [-0.3, -0.25) is 0 Å². The molecule has 10 aromatic rings. The number of rotatable bonds is 6. The SMILES string of the molecule is c1ccc(-c2nc(-c3ccccc3)nc(-c3cccc4c3sc3ccc(-c5ccc(C6(c7ccccc7)c7ccccc7-c7ccccc76)cc5)cc34)n2)cc1. The van der Waals surface area contributed by atoms with E-state index in [4.69, 9.17) is 15.0 Å². The minimum absolute atomic E-state index is 0.410.